The molecule has 1 amide bonds. The average molecular weight is 374 g/mol. The highest BCUT2D eigenvalue weighted by Crippen LogP contribution is 2.28. The van der Waals surface area contributed by atoms with Crippen LogP contribution in [0.1, 0.15) is 17.3 Å². The van der Waals surface area contributed by atoms with Crippen LogP contribution in [-0.2, 0) is 9.53 Å². The first kappa shape index (κ1) is 17.6. The van der Waals surface area contributed by atoms with Gasteiger partial charge in [0.2, 0.25) is 0 Å². The summed E-state index contributed by atoms with van der Waals surface area (Å²) < 4.78 is 10.3. The van der Waals surface area contributed by atoms with Crippen LogP contribution in [0.2, 0.25) is 10.0 Å². The van der Waals surface area contributed by atoms with Crippen LogP contribution in [0.25, 0.3) is 0 Å². The van der Waals surface area contributed by atoms with E-state index in [0.29, 0.717) is 26.4 Å². The van der Waals surface area contributed by atoms with E-state index in [-0.39, 0.29) is 13.2 Å². The van der Waals surface area contributed by atoms with Gasteiger partial charge in [0.15, 0.2) is 6.61 Å². The van der Waals surface area contributed by atoms with Crippen LogP contribution in [0, 0.1) is 0 Å². The molecule has 0 saturated heterocycles. The minimum absolute atomic E-state index is 0.248. The highest BCUT2D eigenvalue weighted by molar-refractivity contribution is 7.14. The topological polar surface area (TPSA) is 64.6 Å². The van der Waals surface area contributed by atoms with Crippen LogP contribution >= 0.6 is 34.5 Å². The van der Waals surface area contributed by atoms with Gasteiger partial charge in [0.1, 0.15) is 10.8 Å². The maximum Gasteiger partial charge on any atom is 0.341 e. The van der Waals surface area contributed by atoms with E-state index >= 15 is 0 Å². The van der Waals surface area contributed by atoms with Gasteiger partial charge in [0, 0.05) is 5.02 Å². The Morgan fingerprint density at radius 2 is 2.04 bits per heavy atom. The fraction of sp³-hybridized carbons (Fsp3) is 0.200. The average Bonchev–Trinajstić information content (AvgIpc) is 2.94. The molecule has 0 atom stereocenters. The van der Waals surface area contributed by atoms with E-state index in [1.807, 2.05) is 0 Å². The van der Waals surface area contributed by atoms with Gasteiger partial charge in [-0.3, -0.25) is 4.79 Å². The number of hydrogen-bond acceptors (Lipinski definition) is 5. The van der Waals surface area contributed by atoms with E-state index in [2.05, 4.69) is 5.32 Å². The van der Waals surface area contributed by atoms with Gasteiger partial charge in [0.05, 0.1) is 17.2 Å². The highest BCUT2D eigenvalue weighted by atomic mass is 35.5. The fourth-order valence-corrected chi connectivity index (χ4v) is 2.93. The minimum Gasteiger partial charge on any atom is -0.482 e. The number of hydrogen-bond donors (Lipinski definition) is 1. The Hall–Kier alpha value is -1.76. The summed E-state index contributed by atoms with van der Waals surface area (Å²) in [6, 6.07) is 6.30. The molecule has 0 spiro atoms. The van der Waals surface area contributed by atoms with E-state index in [1.54, 1.807) is 30.5 Å². The third-order valence-electron chi connectivity index (χ3n) is 2.67. The molecule has 1 heterocycles. The monoisotopic (exact) mass is 373 g/mol. The molecule has 1 aromatic heterocycles. The molecule has 1 aromatic carbocycles. The van der Waals surface area contributed by atoms with Crippen LogP contribution in [0.15, 0.2) is 29.6 Å². The molecule has 0 radical (unpaired) electrons. The zero-order valence-electron chi connectivity index (χ0n) is 12.1. The molecule has 23 heavy (non-hydrogen) atoms. The summed E-state index contributed by atoms with van der Waals surface area (Å²) in [4.78, 5) is 23.7. The Bertz CT molecular complexity index is 717. The van der Waals surface area contributed by atoms with Crippen LogP contribution in [-0.4, -0.2) is 25.1 Å². The zero-order valence-corrected chi connectivity index (χ0v) is 14.4. The predicted molar refractivity (Wildman–Crippen MR) is 90.9 cm³/mol. The highest BCUT2D eigenvalue weighted by Gasteiger charge is 2.16. The Morgan fingerprint density at radius 1 is 1.26 bits per heavy atom. The van der Waals surface area contributed by atoms with Crippen molar-refractivity contribution in [1.82, 2.24) is 0 Å². The third kappa shape index (κ3) is 4.86. The van der Waals surface area contributed by atoms with Crippen LogP contribution < -0.4 is 10.1 Å². The van der Waals surface area contributed by atoms with Gasteiger partial charge in [-0.15, -0.1) is 11.3 Å². The molecule has 0 aliphatic carbocycles. The smallest absolute Gasteiger partial charge is 0.341 e. The minimum atomic E-state index is -0.481. The molecule has 0 unspecified atom stereocenters. The van der Waals surface area contributed by atoms with E-state index in [1.165, 1.54) is 17.4 Å². The molecule has 2 rings (SSSR count). The first-order valence-corrected chi connectivity index (χ1v) is 8.27. The molecule has 0 saturated carbocycles. The summed E-state index contributed by atoms with van der Waals surface area (Å²) in [7, 11) is 0. The Balaban J connectivity index is 1.95. The van der Waals surface area contributed by atoms with E-state index in [0.717, 1.165) is 0 Å². The lowest BCUT2D eigenvalue weighted by Crippen LogP contribution is -2.21. The van der Waals surface area contributed by atoms with Crippen LogP contribution in [0.5, 0.6) is 5.75 Å². The molecule has 1 N–H and O–H groups in total. The van der Waals surface area contributed by atoms with Gasteiger partial charge in [-0.1, -0.05) is 23.2 Å². The van der Waals surface area contributed by atoms with Gasteiger partial charge in [0.25, 0.3) is 5.91 Å². The number of nitrogens with one attached hydrogen (secondary N) is 1. The largest absolute Gasteiger partial charge is 0.482 e. The maximum absolute atomic E-state index is 11.9. The fourth-order valence-electron chi connectivity index (χ4n) is 1.67. The Kier molecular flexibility index (Phi) is 6.27. The molecule has 8 heteroatoms. The molecule has 2 aromatic rings. The van der Waals surface area contributed by atoms with Crippen molar-refractivity contribution < 1.29 is 19.1 Å². The quantitative estimate of drug-likeness (QED) is 0.768. The summed E-state index contributed by atoms with van der Waals surface area (Å²) in [5.74, 6) is -0.544. The summed E-state index contributed by atoms with van der Waals surface area (Å²) in [5.41, 5.74) is 0.315. The third-order valence-corrected chi connectivity index (χ3v) is 4.03. The molecular weight excluding hydrogens is 361 g/mol. The molecule has 0 aliphatic rings. The lowest BCUT2D eigenvalue weighted by atomic mass is 10.3. The summed E-state index contributed by atoms with van der Waals surface area (Å²) >= 11 is 13.0. The van der Waals surface area contributed by atoms with Crippen molar-refractivity contribution in [1.29, 1.82) is 0 Å². The molecule has 122 valence electrons. The lowest BCUT2D eigenvalue weighted by Gasteiger charge is -2.09. The number of halogens is 2. The van der Waals surface area contributed by atoms with Crippen LogP contribution in [0.4, 0.5) is 5.00 Å². The van der Waals surface area contributed by atoms with Gasteiger partial charge in [-0.2, -0.15) is 0 Å². The summed E-state index contributed by atoms with van der Waals surface area (Å²) in [5, 5.41) is 5.51. The van der Waals surface area contributed by atoms with E-state index in [9.17, 15) is 9.59 Å². The number of ether oxygens (including phenoxy) is 2. The van der Waals surface area contributed by atoms with Crippen molar-refractivity contribution >= 4 is 51.4 Å². The Morgan fingerprint density at radius 3 is 2.74 bits per heavy atom. The van der Waals surface area contributed by atoms with E-state index < -0.39 is 11.9 Å². The van der Waals surface area contributed by atoms with Crippen molar-refractivity contribution in [2.75, 3.05) is 18.5 Å². The molecule has 0 bridgehead atoms. The van der Waals surface area contributed by atoms with Gasteiger partial charge < -0.3 is 14.8 Å². The number of rotatable bonds is 6. The first-order chi connectivity index (χ1) is 11.0. The normalized spacial score (nSPS) is 10.2. The van der Waals surface area contributed by atoms with E-state index in [4.69, 9.17) is 32.7 Å². The number of esters is 1. The number of thiophene rings is 1. The number of anilines is 1. The maximum atomic E-state index is 11.9. The molecular formula is C15H13Cl2NO4S. The Labute approximate surface area is 147 Å². The lowest BCUT2D eigenvalue weighted by molar-refractivity contribution is -0.118. The first-order valence-electron chi connectivity index (χ1n) is 6.63. The number of amides is 1. The second-order valence-corrected chi connectivity index (χ2v) is 6.06. The number of carbonyl (C=O) groups is 2. The van der Waals surface area contributed by atoms with Gasteiger partial charge in [-0.25, -0.2) is 4.79 Å². The van der Waals surface area contributed by atoms with Crippen molar-refractivity contribution in [3.05, 3.63) is 45.3 Å². The predicted octanol–water partition coefficient (Wildman–Crippen LogP) is 4.25. The van der Waals surface area contributed by atoms with Gasteiger partial charge >= 0.3 is 5.97 Å². The summed E-state index contributed by atoms with van der Waals surface area (Å²) in [6.07, 6.45) is 0. The molecule has 0 aliphatic heterocycles. The van der Waals surface area contributed by atoms with Crippen molar-refractivity contribution in [3.63, 3.8) is 0 Å². The second kappa shape index (κ2) is 8.19. The number of carbonyl (C=O) groups excluding carboxylic acids is 2. The second-order valence-electron chi connectivity index (χ2n) is 4.30. The van der Waals surface area contributed by atoms with Crippen molar-refractivity contribution in [2.45, 2.75) is 6.92 Å². The van der Waals surface area contributed by atoms with Crippen molar-refractivity contribution in [2.24, 2.45) is 0 Å². The van der Waals surface area contributed by atoms with Gasteiger partial charge in [-0.05, 0) is 36.6 Å². The van der Waals surface area contributed by atoms with Crippen LogP contribution in [0.3, 0.4) is 0 Å². The molecule has 5 nitrogen and oxygen atoms in total. The molecule has 0 fully saturated rings. The van der Waals surface area contributed by atoms with Crippen molar-refractivity contribution in [3.8, 4) is 5.75 Å². The standard InChI is InChI=1S/C15H13Cl2NO4S/c1-2-21-15(20)10-5-6-23-14(10)18-13(19)8-22-12-4-3-9(16)7-11(12)17/h3-7H,2,8H2,1H3,(H,18,19). The number of benzene rings is 1. The zero-order chi connectivity index (χ0) is 16.8. The SMILES string of the molecule is CCOC(=O)c1ccsc1NC(=O)COc1ccc(Cl)cc1Cl. The summed E-state index contributed by atoms with van der Waals surface area (Å²) in [6.45, 7) is 1.73.